The molecule has 0 radical (unpaired) electrons. The second-order valence-corrected chi connectivity index (χ2v) is 7.04. The normalized spacial score (nSPS) is 13.2. The first kappa shape index (κ1) is 17.2. The van der Waals surface area contributed by atoms with Gasteiger partial charge in [-0.15, -0.1) is 11.3 Å². The summed E-state index contributed by atoms with van der Waals surface area (Å²) in [7, 11) is 2.64. The van der Waals surface area contributed by atoms with Gasteiger partial charge in [-0.05, 0) is 19.1 Å². The number of amides is 2. The lowest BCUT2D eigenvalue weighted by Crippen LogP contribution is -2.29. The number of hydrogen-bond acceptors (Lipinski definition) is 7. The monoisotopic (exact) mass is 382 g/mol. The summed E-state index contributed by atoms with van der Waals surface area (Å²) >= 11 is 1.24. The molecule has 27 heavy (non-hydrogen) atoms. The summed E-state index contributed by atoms with van der Waals surface area (Å²) in [5.41, 5.74) is 0.850. The van der Waals surface area contributed by atoms with E-state index in [2.05, 4.69) is 4.98 Å². The number of rotatable bonds is 3. The Hall–Kier alpha value is -3.26. The molecule has 8 heteroatoms. The fourth-order valence-corrected chi connectivity index (χ4v) is 4.22. The number of aryl methyl sites for hydroxylation is 1. The summed E-state index contributed by atoms with van der Waals surface area (Å²) in [5, 5.41) is 0.678. The molecular weight excluding hydrogens is 368 g/mol. The lowest BCUT2D eigenvalue weighted by Gasteiger charge is -2.13. The third-order valence-electron chi connectivity index (χ3n) is 4.35. The highest BCUT2D eigenvalue weighted by Gasteiger charge is 2.44. The minimum atomic E-state index is -0.696. The Labute approximate surface area is 158 Å². The third-order valence-corrected chi connectivity index (χ3v) is 5.33. The number of ether oxygens (including phenoxy) is 2. The van der Waals surface area contributed by atoms with Gasteiger partial charge in [0.05, 0.1) is 46.3 Å². The van der Waals surface area contributed by atoms with E-state index in [1.54, 1.807) is 37.3 Å². The van der Waals surface area contributed by atoms with Crippen LogP contribution in [0.1, 0.15) is 36.1 Å². The van der Waals surface area contributed by atoms with Gasteiger partial charge in [0.15, 0.2) is 5.75 Å². The van der Waals surface area contributed by atoms with E-state index in [4.69, 9.17) is 9.47 Å². The number of esters is 1. The van der Waals surface area contributed by atoms with E-state index in [1.807, 2.05) is 0 Å². The van der Waals surface area contributed by atoms with Gasteiger partial charge in [0.25, 0.3) is 11.8 Å². The van der Waals surface area contributed by atoms with Crippen LogP contribution in [0.5, 0.6) is 5.75 Å². The highest BCUT2D eigenvalue weighted by atomic mass is 32.1. The summed E-state index contributed by atoms with van der Waals surface area (Å²) < 4.78 is 10.8. The van der Waals surface area contributed by atoms with Crippen molar-refractivity contribution in [3.63, 3.8) is 0 Å². The van der Waals surface area contributed by atoms with Crippen LogP contribution in [0.4, 0.5) is 5.69 Å². The second kappa shape index (κ2) is 6.17. The van der Waals surface area contributed by atoms with Gasteiger partial charge in [-0.3, -0.25) is 9.59 Å². The van der Waals surface area contributed by atoms with Crippen LogP contribution < -0.4 is 9.64 Å². The number of anilines is 1. The largest absolute Gasteiger partial charge is 0.494 e. The minimum Gasteiger partial charge on any atom is -0.494 e. The molecule has 1 aromatic heterocycles. The Morgan fingerprint density at radius 1 is 1.07 bits per heavy atom. The second-order valence-electron chi connectivity index (χ2n) is 5.84. The molecule has 0 fully saturated rings. The van der Waals surface area contributed by atoms with Crippen molar-refractivity contribution in [3.8, 4) is 5.75 Å². The predicted octanol–water partition coefficient (Wildman–Crippen LogP) is 3.20. The fraction of sp³-hybridized carbons (Fsp3) is 0.158. The summed E-state index contributed by atoms with van der Waals surface area (Å²) in [6.45, 7) is 1.77. The van der Waals surface area contributed by atoms with Crippen LogP contribution in [0.3, 0.4) is 0 Å². The van der Waals surface area contributed by atoms with Gasteiger partial charge >= 0.3 is 5.97 Å². The van der Waals surface area contributed by atoms with Gasteiger partial charge in [0, 0.05) is 0 Å². The molecule has 0 saturated carbocycles. The third kappa shape index (κ3) is 2.33. The van der Waals surface area contributed by atoms with Gasteiger partial charge in [-0.25, -0.2) is 14.7 Å². The molecule has 0 unspecified atom stereocenters. The highest BCUT2D eigenvalue weighted by Crippen LogP contribution is 2.44. The van der Waals surface area contributed by atoms with Gasteiger partial charge in [-0.1, -0.05) is 18.2 Å². The smallest absolute Gasteiger partial charge is 0.340 e. The van der Waals surface area contributed by atoms with E-state index in [9.17, 15) is 14.4 Å². The van der Waals surface area contributed by atoms with Crippen molar-refractivity contribution in [2.75, 3.05) is 19.1 Å². The SMILES string of the molecule is COC(=O)c1c2c(c(OC)c3nc(C)sc13)C(=O)N(c1ccccc1)C2=O. The Bertz CT molecular complexity index is 1120. The lowest BCUT2D eigenvalue weighted by molar-refractivity contribution is 0.0599. The average Bonchev–Trinajstić information content (AvgIpc) is 3.17. The maximum Gasteiger partial charge on any atom is 0.340 e. The Morgan fingerprint density at radius 2 is 1.74 bits per heavy atom. The van der Waals surface area contributed by atoms with Crippen LogP contribution in [-0.4, -0.2) is 37.0 Å². The summed E-state index contributed by atoms with van der Waals surface area (Å²) in [4.78, 5) is 44.3. The van der Waals surface area contributed by atoms with Gasteiger partial charge in [0.1, 0.15) is 5.52 Å². The molecule has 7 nitrogen and oxygen atoms in total. The topological polar surface area (TPSA) is 85.8 Å². The molecule has 4 rings (SSSR count). The predicted molar refractivity (Wildman–Crippen MR) is 99.8 cm³/mol. The molecule has 0 saturated heterocycles. The van der Waals surface area contributed by atoms with Crippen molar-refractivity contribution in [1.82, 2.24) is 4.98 Å². The number of benzene rings is 2. The van der Waals surface area contributed by atoms with Crippen molar-refractivity contribution < 1.29 is 23.9 Å². The number of aromatic nitrogens is 1. The number of hydrogen-bond donors (Lipinski definition) is 0. The number of carbonyl (C=O) groups is 3. The summed E-state index contributed by atoms with van der Waals surface area (Å²) in [6.07, 6.45) is 0. The molecule has 1 aliphatic heterocycles. The quantitative estimate of drug-likeness (QED) is 0.511. The van der Waals surface area contributed by atoms with Gasteiger partial charge in [0.2, 0.25) is 0 Å². The summed E-state index contributed by atoms with van der Waals surface area (Å²) in [5.74, 6) is -1.66. The zero-order chi connectivity index (χ0) is 19.3. The Kier molecular flexibility index (Phi) is 3.92. The first-order valence-corrected chi connectivity index (χ1v) is 8.84. The van der Waals surface area contributed by atoms with Crippen LogP contribution in [0, 0.1) is 6.92 Å². The van der Waals surface area contributed by atoms with Crippen molar-refractivity contribution in [1.29, 1.82) is 0 Å². The van der Waals surface area contributed by atoms with Gasteiger partial charge in [-0.2, -0.15) is 0 Å². The number of carbonyl (C=O) groups excluding carboxylic acids is 3. The van der Waals surface area contributed by atoms with E-state index in [1.165, 1.54) is 25.6 Å². The van der Waals surface area contributed by atoms with E-state index < -0.39 is 17.8 Å². The molecule has 3 aromatic rings. The molecule has 2 heterocycles. The maximum atomic E-state index is 13.2. The molecular formula is C19H14N2O5S. The maximum absolute atomic E-state index is 13.2. The molecule has 0 N–H and O–H groups in total. The first-order chi connectivity index (χ1) is 13.0. The standard InChI is InChI=1S/C19H14N2O5S/c1-9-20-14-15(25-2)12-11(13(16(14)27-9)19(24)26-3)17(22)21(18(12)23)10-7-5-4-6-8-10/h4-8H,1-3H3. The Balaban J connectivity index is 2.10. The van der Waals surface area contributed by atoms with Crippen molar-refractivity contribution in [2.45, 2.75) is 6.92 Å². The number of methoxy groups -OCH3 is 2. The van der Waals surface area contributed by atoms with Crippen LogP contribution >= 0.6 is 11.3 Å². The van der Waals surface area contributed by atoms with Crippen molar-refractivity contribution in [3.05, 3.63) is 52.0 Å². The van der Waals surface area contributed by atoms with Crippen molar-refractivity contribution in [2.24, 2.45) is 0 Å². The Morgan fingerprint density at radius 3 is 2.37 bits per heavy atom. The summed E-state index contributed by atoms with van der Waals surface area (Å²) in [6, 6.07) is 8.53. The zero-order valence-corrected chi connectivity index (χ0v) is 15.5. The van der Waals surface area contributed by atoms with E-state index in [0.717, 1.165) is 4.90 Å². The number of thiazole rings is 1. The molecule has 2 aromatic carbocycles. The van der Waals surface area contributed by atoms with E-state index >= 15 is 0 Å². The van der Waals surface area contributed by atoms with Crippen molar-refractivity contribution >= 4 is 45.0 Å². The highest BCUT2D eigenvalue weighted by molar-refractivity contribution is 7.19. The number of nitrogens with zero attached hydrogens (tertiary/aromatic N) is 2. The van der Waals surface area contributed by atoms with E-state index in [0.29, 0.717) is 20.9 Å². The van der Waals surface area contributed by atoms with Gasteiger partial charge < -0.3 is 9.47 Å². The molecule has 0 atom stereocenters. The number of imide groups is 1. The molecule has 0 aliphatic carbocycles. The minimum absolute atomic E-state index is 0.0105. The lowest BCUT2D eigenvalue weighted by atomic mass is 10.0. The van der Waals surface area contributed by atoms with Crippen LogP contribution in [0.15, 0.2) is 30.3 Å². The molecule has 0 spiro atoms. The molecule has 0 bridgehead atoms. The number of para-hydroxylation sites is 1. The zero-order valence-electron chi connectivity index (χ0n) is 14.7. The molecule has 2 amide bonds. The van der Waals surface area contributed by atoms with E-state index in [-0.39, 0.29) is 22.4 Å². The van der Waals surface area contributed by atoms with Crippen LogP contribution in [0.25, 0.3) is 10.2 Å². The first-order valence-electron chi connectivity index (χ1n) is 8.02. The average molecular weight is 382 g/mol. The van der Waals surface area contributed by atoms with Crippen LogP contribution in [0.2, 0.25) is 0 Å². The molecule has 1 aliphatic rings. The fourth-order valence-electron chi connectivity index (χ4n) is 3.26. The molecule has 136 valence electrons. The van der Waals surface area contributed by atoms with Crippen LogP contribution in [-0.2, 0) is 4.74 Å². The number of fused-ring (bicyclic) bond motifs is 2.